The molecule has 3 atom stereocenters. The molecule has 2 aliphatic heterocycles. The number of amidine groups is 1. The fraction of sp³-hybridized carbons (Fsp3) is 0.273. The van der Waals surface area contributed by atoms with Crippen molar-refractivity contribution in [2.24, 2.45) is 4.99 Å². The van der Waals surface area contributed by atoms with E-state index >= 15 is 0 Å². The van der Waals surface area contributed by atoms with Crippen molar-refractivity contribution in [3.63, 3.8) is 0 Å². The number of hydrogen-bond acceptors (Lipinski definition) is 5. The minimum absolute atomic E-state index is 0.0420. The lowest BCUT2D eigenvalue weighted by atomic mass is 10.0. The average molecular weight is 454 g/mol. The summed E-state index contributed by atoms with van der Waals surface area (Å²) in [4.78, 5) is 12.0. The van der Waals surface area contributed by atoms with Gasteiger partial charge in [-0.25, -0.2) is 4.99 Å². The highest BCUT2D eigenvalue weighted by molar-refractivity contribution is 9.10. The van der Waals surface area contributed by atoms with Gasteiger partial charge in [0.25, 0.3) is 0 Å². The number of hydrogen-bond donors (Lipinski definition) is 0. The summed E-state index contributed by atoms with van der Waals surface area (Å²) >= 11 is 5.51. The van der Waals surface area contributed by atoms with E-state index in [1.165, 1.54) is 5.56 Å². The van der Waals surface area contributed by atoms with Gasteiger partial charge in [0.05, 0.1) is 5.69 Å². The molecular formula is C22H20BrN3OS. The van der Waals surface area contributed by atoms with Crippen LogP contribution in [0.1, 0.15) is 36.0 Å². The molecule has 0 aliphatic carbocycles. The Bertz CT molecular complexity index is 1050. The van der Waals surface area contributed by atoms with E-state index in [1.54, 1.807) is 0 Å². The molecule has 0 amide bonds. The second-order valence-corrected chi connectivity index (χ2v) is 9.58. The largest absolute Gasteiger partial charge is 0.459 e. The highest BCUT2D eigenvalue weighted by Gasteiger charge is 2.45. The number of nitrogens with zero attached hydrogens (tertiary/aromatic N) is 3. The molecule has 2 aromatic heterocycles. The predicted octanol–water partition coefficient (Wildman–Crippen LogP) is 6.00. The number of aryl methyl sites for hydroxylation is 1. The topological polar surface area (TPSA) is 41.6 Å². The molecule has 0 spiro atoms. The molecule has 0 N–H and O–H groups in total. The maximum atomic E-state index is 6.39. The molecule has 2 aliphatic rings. The highest BCUT2D eigenvalue weighted by Crippen LogP contribution is 2.48. The van der Waals surface area contributed by atoms with E-state index in [2.05, 4.69) is 76.1 Å². The number of pyridine rings is 1. The van der Waals surface area contributed by atoms with Gasteiger partial charge in [0, 0.05) is 28.0 Å². The van der Waals surface area contributed by atoms with Crippen molar-refractivity contribution in [3.05, 3.63) is 76.2 Å². The van der Waals surface area contributed by atoms with E-state index in [0.717, 1.165) is 39.0 Å². The van der Waals surface area contributed by atoms with Crippen LogP contribution in [0.25, 0.3) is 11.3 Å². The van der Waals surface area contributed by atoms with Crippen LogP contribution < -0.4 is 0 Å². The standard InChI is InChI=1S/C22H20BrN3OS/c1-13-6-7-15(16(23)11-13)18-8-9-19(27-18)21-20(17-5-3-4-10-24-17)25-22-26(21)12-14(2)28-22/h3-11,14,20-21H,12H2,1-2H3/t14-,20-,21-/m1/s1. The Morgan fingerprint density at radius 3 is 2.86 bits per heavy atom. The first-order chi connectivity index (χ1) is 13.6. The minimum Gasteiger partial charge on any atom is -0.459 e. The lowest BCUT2D eigenvalue weighted by Gasteiger charge is -2.25. The number of thioether (sulfide) groups is 1. The molecule has 6 heteroatoms. The van der Waals surface area contributed by atoms with Crippen molar-refractivity contribution in [3.8, 4) is 11.3 Å². The lowest BCUT2D eigenvalue weighted by molar-refractivity contribution is 0.277. The van der Waals surface area contributed by atoms with Gasteiger partial charge in [-0.2, -0.15) is 0 Å². The monoisotopic (exact) mass is 453 g/mol. The molecule has 0 unspecified atom stereocenters. The Kier molecular flexibility index (Phi) is 4.56. The summed E-state index contributed by atoms with van der Waals surface area (Å²) in [7, 11) is 0. The number of aliphatic imine (C=N–C) groups is 1. The fourth-order valence-electron chi connectivity index (χ4n) is 3.90. The minimum atomic E-state index is -0.0448. The first-order valence-corrected chi connectivity index (χ1v) is 11.1. The number of rotatable bonds is 3. The average Bonchev–Trinajstić information content (AvgIpc) is 3.36. The summed E-state index contributed by atoms with van der Waals surface area (Å²) in [6, 6.07) is 16.5. The number of furan rings is 1. The Morgan fingerprint density at radius 2 is 2.07 bits per heavy atom. The third-order valence-electron chi connectivity index (χ3n) is 5.19. The van der Waals surface area contributed by atoms with E-state index in [-0.39, 0.29) is 12.1 Å². The van der Waals surface area contributed by atoms with Crippen molar-refractivity contribution >= 4 is 32.9 Å². The van der Waals surface area contributed by atoms with E-state index in [4.69, 9.17) is 9.41 Å². The molecule has 0 saturated carbocycles. The van der Waals surface area contributed by atoms with Crippen LogP contribution >= 0.6 is 27.7 Å². The second kappa shape index (κ2) is 7.08. The molecule has 1 aromatic carbocycles. The molecule has 0 bridgehead atoms. The number of benzene rings is 1. The van der Waals surface area contributed by atoms with Gasteiger partial charge in [-0.05, 0) is 48.9 Å². The molecule has 4 nitrogen and oxygen atoms in total. The molecule has 1 fully saturated rings. The summed E-state index contributed by atoms with van der Waals surface area (Å²) < 4.78 is 7.43. The highest BCUT2D eigenvalue weighted by atomic mass is 79.9. The van der Waals surface area contributed by atoms with Gasteiger partial charge in [0.2, 0.25) is 0 Å². The summed E-state index contributed by atoms with van der Waals surface area (Å²) in [6.45, 7) is 5.31. The zero-order valence-corrected chi connectivity index (χ0v) is 18.1. The van der Waals surface area contributed by atoms with Crippen molar-refractivity contribution in [2.75, 3.05) is 6.54 Å². The van der Waals surface area contributed by atoms with Gasteiger partial charge in [0.15, 0.2) is 5.17 Å². The first kappa shape index (κ1) is 18.0. The van der Waals surface area contributed by atoms with Crippen molar-refractivity contribution in [1.82, 2.24) is 9.88 Å². The van der Waals surface area contributed by atoms with Crippen LogP contribution in [0.3, 0.4) is 0 Å². The molecular weight excluding hydrogens is 434 g/mol. The van der Waals surface area contributed by atoms with Crippen molar-refractivity contribution in [1.29, 1.82) is 0 Å². The van der Waals surface area contributed by atoms with E-state index in [0.29, 0.717) is 5.25 Å². The first-order valence-electron chi connectivity index (χ1n) is 9.38. The third-order valence-corrected chi connectivity index (χ3v) is 6.95. The van der Waals surface area contributed by atoms with Gasteiger partial charge >= 0.3 is 0 Å². The quantitative estimate of drug-likeness (QED) is 0.487. The van der Waals surface area contributed by atoms with Crippen LogP contribution in [0.15, 0.2) is 68.6 Å². The van der Waals surface area contributed by atoms with Crippen LogP contribution in [0.5, 0.6) is 0 Å². The van der Waals surface area contributed by atoms with Gasteiger partial charge in [0.1, 0.15) is 23.6 Å². The van der Waals surface area contributed by atoms with E-state index in [1.807, 2.05) is 30.1 Å². The van der Waals surface area contributed by atoms with Gasteiger partial charge in [-0.15, -0.1) is 0 Å². The van der Waals surface area contributed by atoms with Crippen LogP contribution in [-0.2, 0) is 0 Å². The van der Waals surface area contributed by atoms with Crippen LogP contribution in [-0.4, -0.2) is 26.8 Å². The molecule has 28 heavy (non-hydrogen) atoms. The van der Waals surface area contributed by atoms with Crippen molar-refractivity contribution in [2.45, 2.75) is 31.2 Å². The molecule has 5 rings (SSSR count). The van der Waals surface area contributed by atoms with Gasteiger partial charge in [-0.1, -0.05) is 46.7 Å². The second-order valence-electron chi connectivity index (χ2n) is 7.32. The molecule has 0 radical (unpaired) electrons. The third kappa shape index (κ3) is 3.08. The normalized spacial score (nSPS) is 23.8. The Balaban J connectivity index is 1.54. The number of halogens is 1. The fourth-order valence-corrected chi connectivity index (χ4v) is 5.68. The number of fused-ring (bicyclic) bond motifs is 1. The Morgan fingerprint density at radius 1 is 1.18 bits per heavy atom. The van der Waals surface area contributed by atoms with Crippen molar-refractivity contribution < 1.29 is 4.42 Å². The smallest absolute Gasteiger partial charge is 0.161 e. The molecule has 1 saturated heterocycles. The van der Waals surface area contributed by atoms with Gasteiger partial charge in [-0.3, -0.25) is 4.98 Å². The molecule has 3 aromatic rings. The summed E-state index contributed by atoms with van der Waals surface area (Å²) in [5.41, 5.74) is 3.26. The summed E-state index contributed by atoms with van der Waals surface area (Å²) in [6.07, 6.45) is 1.84. The zero-order valence-electron chi connectivity index (χ0n) is 15.7. The predicted molar refractivity (Wildman–Crippen MR) is 117 cm³/mol. The van der Waals surface area contributed by atoms with Crippen LogP contribution in [0, 0.1) is 6.92 Å². The maximum absolute atomic E-state index is 6.39. The molecule has 142 valence electrons. The van der Waals surface area contributed by atoms with Crippen LogP contribution in [0.4, 0.5) is 0 Å². The SMILES string of the molecule is Cc1ccc(-c2ccc([C@@H]3[C@@H](c4ccccn4)N=C4S[C@H](C)CN43)o2)c(Br)c1. The lowest BCUT2D eigenvalue weighted by Crippen LogP contribution is -2.28. The summed E-state index contributed by atoms with van der Waals surface area (Å²) in [5, 5.41) is 1.63. The molecule has 4 heterocycles. The summed E-state index contributed by atoms with van der Waals surface area (Å²) in [5.74, 6) is 1.81. The van der Waals surface area contributed by atoms with Gasteiger partial charge < -0.3 is 9.32 Å². The van der Waals surface area contributed by atoms with Crippen LogP contribution in [0.2, 0.25) is 0 Å². The maximum Gasteiger partial charge on any atom is 0.161 e. The Hall–Kier alpha value is -2.05. The van der Waals surface area contributed by atoms with E-state index in [9.17, 15) is 0 Å². The van der Waals surface area contributed by atoms with E-state index < -0.39 is 0 Å². The number of aromatic nitrogens is 1. The Labute approximate surface area is 177 Å². The zero-order chi connectivity index (χ0) is 19.3.